The average molecular weight is 496 g/mol. The van der Waals surface area contributed by atoms with Crippen LogP contribution in [-0.2, 0) is 19.6 Å². The zero-order valence-corrected chi connectivity index (χ0v) is 18.7. The van der Waals surface area contributed by atoms with E-state index in [0.29, 0.717) is 5.75 Å². The second-order valence-corrected chi connectivity index (χ2v) is 9.02. The van der Waals surface area contributed by atoms with Gasteiger partial charge in [-0.3, -0.25) is 9.10 Å². The number of nitrogens with one attached hydrogen (secondary N) is 1. The van der Waals surface area contributed by atoms with Crippen LogP contribution in [0.1, 0.15) is 10.4 Å². The number of rotatable bonds is 5. The summed E-state index contributed by atoms with van der Waals surface area (Å²) in [7, 11) is 0.133. The number of anilines is 1. The summed E-state index contributed by atoms with van der Waals surface area (Å²) >= 11 is 3.23. The van der Waals surface area contributed by atoms with Crippen LogP contribution in [0.15, 0.2) is 52.4 Å². The van der Waals surface area contributed by atoms with Crippen LogP contribution < -0.4 is 10.1 Å². The number of fused-ring (bicyclic) bond motifs is 1. The summed E-state index contributed by atoms with van der Waals surface area (Å²) in [6, 6.07) is 10.7. The Bertz CT molecular complexity index is 1150. The number of hydrogen-bond acceptors (Lipinski definition) is 7. The van der Waals surface area contributed by atoms with Crippen molar-refractivity contribution < 1.29 is 27.5 Å². The number of para-hydroxylation sites is 1. The SMILES string of the molecule is COC(=O)c1ccc(OC)c(NC(=O)C(Br)C2=Nc3ccccc3S(=O)(=O)N2C)c1. The second kappa shape index (κ2) is 8.44. The Morgan fingerprint density at radius 1 is 1.17 bits per heavy atom. The fraction of sp³-hybridized carbons (Fsp3) is 0.211. The minimum atomic E-state index is -3.85. The number of ether oxygens (including phenoxy) is 2. The van der Waals surface area contributed by atoms with Gasteiger partial charge in [-0.1, -0.05) is 28.1 Å². The Hall–Kier alpha value is -2.92. The molecule has 0 aromatic heterocycles. The van der Waals surface area contributed by atoms with E-state index in [-0.39, 0.29) is 27.7 Å². The molecule has 9 nitrogen and oxygen atoms in total. The van der Waals surface area contributed by atoms with E-state index in [4.69, 9.17) is 4.74 Å². The van der Waals surface area contributed by atoms with Gasteiger partial charge in [-0.25, -0.2) is 18.2 Å². The number of sulfonamides is 1. The molecule has 1 atom stereocenters. The number of amides is 1. The lowest BCUT2D eigenvalue weighted by atomic mass is 10.2. The van der Waals surface area contributed by atoms with E-state index in [1.807, 2.05) is 0 Å². The molecule has 1 unspecified atom stereocenters. The van der Waals surface area contributed by atoms with E-state index in [9.17, 15) is 18.0 Å². The Balaban J connectivity index is 1.94. The zero-order chi connectivity index (χ0) is 22.1. The van der Waals surface area contributed by atoms with Gasteiger partial charge in [0.1, 0.15) is 16.5 Å². The first-order valence-electron chi connectivity index (χ1n) is 8.58. The maximum absolute atomic E-state index is 12.9. The summed E-state index contributed by atoms with van der Waals surface area (Å²) in [5, 5.41) is 2.63. The first kappa shape index (κ1) is 21.8. The smallest absolute Gasteiger partial charge is 0.337 e. The van der Waals surface area contributed by atoms with Gasteiger partial charge in [0.2, 0.25) is 5.91 Å². The predicted molar refractivity (Wildman–Crippen MR) is 114 cm³/mol. The highest BCUT2D eigenvalue weighted by molar-refractivity contribution is 9.10. The zero-order valence-electron chi connectivity index (χ0n) is 16.2. The normalized spacial score (nSPS) is 15.5. The minimum absolute atomic E-state index is 0.00529. The number of benzene rings is 2. The number of halogens is 1. The van der Waals surface area contributed by atoms with Gasteiger partial charge in [0.05, 0.1) is 31.2 Å². The molecule has 30 heavy (non-hydrogen) atoms. The number of methoxy groups -OCH3 is 2. The van der Waals surface area contributed by atoms with Crippen LogP contribution in [-0.4, -0.2) is 56.5 Å². The van der Waals surface area contributed by atoms with Crippen LogP contribution in [0.5, 0.6) is 5.75 Å². The number of carbonyl (C=O) groups is 2. The van der Waals surface area contributed by atoms with Crippen LogP contribution in [0.2, 0.25) is 0 Å². The molecule has 2 aromatic carbocycles. The van der Waals surface area contributed by atoms with Crippen molar-refractivity contribution in [3.05, 3.63) is 48.0 Å². The first-order chi connectivity index (χ1) is 14.2. The van der Waals surface area contributed by atoms with Crippen LogP contribution in [0.4, 0.5) is 11.4 Å². The van der Waals surface area contributed by atoms with E-state index in [1.165, 1.54) is 45.5 Å². The lowest BCUT2D eigenvalue weighted by Crippen LogP contribution is -2.44. The molecular formula is C19H18BrN3O6S. The molecule has 0 saturated heterocycles. The molecule has 0 bridgehead atoms. The van der Waals surface area contributed by atoms with Crippen LogP contribution in [0.3, 0.4) is 0 Å². The van der Waals surface area contributed by atoms with Crippen LogP contribution in [0.25, 0.3) is 0 Å². The Labute approximate surface area is 181 Å². The van der Waals surface area contributed by atoms with Crippen molar-refractivity contribution in [2.45, 2.75) is 9.72 Å². The number of nitrogens with zero attached hydrogens (tertiary/aromatic N) is 2. The molecule has 1 aliphatic rings. The predicted octanol–water partition coefficient (Wildman–Crippen LogP) is 2.55. The second-order valence-electron chi connectivity index (χ2n) is 6.17. The summed E-state index contributed by atoms with van der Waals surface area (Å²) in [5.74, 6) is -0.875. The van der Waals surface area contributed by atoms with Gasteiger partial charge in [0.15, 0.2) is 4.83 Å². The van der Waals surface area contributed by atoms with Crippen molar-refractivity contribution in [1.82, 2.24) is 4.31 Å². The van der Waals surface area contributed by atoms with E-state index in [0.717, 1.165) is 4.31 Å². The van der Waals surface area contributed by atoms with Crippen molar-refractivity contribution in [3.63, 3.8) is 0 Å². The van der Waals surface area contributed by atoms with E-state index in [2.05, 4.69) is 31.0 Å². The summed E-state index contributed by atoms with van der Waals surface area (Å²) in [4.78, 5) is 27.9. The molecule has 1 heterocycles. The van der Waals surface area contributed by atoms with Crippen LogP contribution in [0, 0.1) is 0 Å². The maximum atomic E-state index is 12.9. The van der Waals surface area contributed by atoms with Crippen molar-refractivity contribution in [1.29, 1.82) is 0 Å². The maximum Gasteiger partial charge on any atom is 0.337 e. The number of aliphatic imine (C=N–C) groups is 1. The fourth-order valence-electron chi connectivity index (χ4n) is 2.81. The molecule has 0 spiro atoms. The Morgan fingerprint density at radius 2 is 1.87 bits per heavy atom. The molecule has 1 aliphatic heterocycles. The molecule has 158 valence electrons. The van der Waals surface area contributed by atoms with Gasteiger partial charge < -0.3 is 14.8 Å². The highest BCUT2D eigenvalue weighted by Crippen LogP contribution is 2.33. The third-order valence-electron chi connectivity index (χ3n) is 4.40. The summed E-state index contributed by atoms with van der Waals surface area (Å²) in [6.07, 6.45) is 0. The topological polar surface area (TPSA) is 114 Å². The van der Waals surface area contributed by atoms with Crippen molar-refractivity contribution in [2.24, 2.45) is 4.99 Å². The summed E-state index contributed by atoms with van der Waals surface area (Å²) in [6.45, 7) is 0. The summed E-state index contributed by atoms with van der Waals surface area (Å²) < 4.78 is 36.4. The monoisotopic (exact) mass is 495 g/mol. The average Bonchev–Trinajstić information content (AvgIpc) is 2.75. The molecule has 3 rings (SSSR count). The van der Waals surface area contributed by atoms with E-state index >= 15 is 0 Å². The standard InChI is InChI=1S/C19H18BrN3O6S/c1-23-17(21-12-6-4-5-7-15(12)30(23,26)27)16(20)18(24)22-13-10-11(19(25)29-3)8-9-14(13)28-2/h4-10,16H,1-3H3,(H,22,24). The van der Waals surface area contributed by atoms with Crippen molar-refractivity contribution in [2.75, 3.05) is 26.6 Å². The Morgan fingerprint density at radius 3 is 2.53 bits per heavy atom. The lowest BCUT2D eigenvalue weighted by molar-refractivity contribution is -0.114. The molecule has 0 radical (unpaired) electrons. The van der Waals surface area contributed by atoms with E-state index < -0.39 is 26.7 Å². The molecule has 0 fully saturated rings. The molecular weight excluding hydrogens is 478 g/mol. The quantitative estimate of drug-likeness (QED) is 0.503. The van der Waals surface area contributed by atoms with Crippen LogP contribution >= 0.6 is 15.9 Å². The molecule has 0 saturated carbocycles. The molecule has 2 aromatic rings. The number of amidine groups is 1. The third-order valence-corrected chi connectivity index (χ3v) is 7.03. The third kappa shape index (κ3) is 3.90. The van der Waals surface area contributed by atoms with Gasteiger partial charge in [-0.15, -0.1) is 0 Å². The lowest BCUT2D eigenvalue weighted by Gasteiger charge is -2.28. The van der Waals surface area contributed by atoms with Gasteiger partial charge in [0.25, 0.3) is 10.0 Å². The highest BCUT2D eigenvalue weighted by atomic mass is 79.9. The molecule has 0 aliphatic carbocycles. The highest BCUT2D eigenvalue weighted by Gasteiger charge is 2.36. The number of esters is 1. The van der Waals surface area contributed by atoms with Gasteiger partial charge >= 0.3 is 5.97 Å². The number of alkyl halides is 1. The van der Waals surface area contributed by atoms with Gasteiger partial charge in [-0.05, 0) is 30.3 Å². The number of carbonyl (C=O) groups excluding carboxylic acids is 2. The largest absolute Gasteiger partial charge is 0.495 e. The Kier molecular flexibility index (Phi) is 6.13. The minimum Gasteiger partial charge on any atom is -0.495 e. The van der Waals surface area contributed by atoms with Crippen molar-refractivity contribution in [3.8, 4) is 5.75 Å². The molecule has 11 heteroatoms. The first-order valence-corrected chi connectivity index (χ1v) is 10.9. The summed E-state index contributed by atoms with van der Waals surface area (Å²) in [5.41, 5.74) is 0.675. The van der Waals surface area contributed by atoms with Gasteiger partial charge in [-0.2, -0.15) is 0 Å². The van der Waals surface area contributed by atoms with Gasteiger partial charge in [0, 0.05) is 7.05 Å². The molecule has 1 amide bonds. The molecule has 1 N–H and O–H groups in total. The van der Waals surface area contributed by atoms with Crippen molar-refractivity contribution >= 4 is 55.0 Å². The van der Waals surface area contributed by atoms with E-state index in [1.54, 1.807) is 18.2 Å². The number of hydrogen-bond donors (Lipinski definition) is 1. The fourth-order valence-corrected chi connectivity index (χ4v) is 4.79.